The predicted molar refractivity (Wildman–Crippen MR) is 138 cm³/mol. The van der Waals surface area contributed by atoms with Crippen molar-refractivity contribution in [2.24, 2.45) is 0 Å². The smallest absolute Gasteiger partial charge is 0.240 e. The molecule has 182 valence electrons. The van der Waals surface area contributed by atoms with E-state index in [2.05, 4.69) is 16.3 Å². The zero-order valence-electron chi connectivity index (χ0n) is 20.1. The number of nitrogens with zero attached hydrogens (tertiary/aromatic N) is 3. The maximum Gasteiger partial charge on any atom is 0.240 e. The maximum atomic E-state index is 13.7. The fraction of sp³-hybridized carbons (Fsp3) is 0.259. The third-order valence-electron chi connectivity index (χ3n) is 5.49. The minimum absolute atomic E-state index is 0.0206. The van der Waals surface area contributed by atoms with E-state index in [1.165, 1.54) is 12.1 Å². The van der Waals surface area contributed by atoms with Gasteiger partial charge in [-0.2, -0.15) is 0 Å². The molecule has 6 nitrogen and oxygen atoms in total. The van der Waals surface area contributed by atoms with Crippen LogP contribution in [0.5, 0.6) is 5.75 Å². The van der Waals surface area contributed by atoms with E-state index in [-0.39, 0.29) is 18.5 Å². The molecule has 0 aliphatic carbocycles. The van der Waals surface area contributed by atoms with Gasteiger partial charge < -0.3 is 19.9 Å². The van der Waals surface area contributed by atoms with Gasteiger partial charge in [0.25, 0.3) is 0 Å². The van der Waals surface area contributed by atoms with E-state index in [0.29, 0.717) is 21.9 Å². The van der Waals surface area contributed by atoms with Gasteiger partial charge >= 0.3 is 0 Å². The van der Waals surface area contributed by atoms with Crippen molar-refractivity contribution < 1.29 is 14.3 Å². The molecule has 35 heavy (non-hydrogen) atoms. The molecule has 1 heterocycles. The summed E-state index contributed by atoms with van der Waals surface area (Å²) in [4.78, 5) is 19.5. The Morgan fingerprint density at radius 1 is 1.09 bits per heavy atom. The summed E-state index contributed by atoms with van der Waals surface area (Å²) in [7, 11) is 4.00. The monoisotopic (exact) mass is 494 g/mol. The second kappa shape index (κ2) is 10.1. The van der Waals surface area contributed by atoms with E-state index in [1.54, 1.807) is 10.6 Å². The average Bonchev–Trinajstić information content (AvgIpc) is 3.11. The number of hydrogen-bond acceptors (Lipinski definition) is 4. The van der Waals surface area contributed by atoms with Crippen LogP contribution in [0.25, 0.3) is 33.5 Å². The van der Waals surface area contributed by atoms with Gasteiger partial charge in [-0.25, -0.2) is 9.37 Å². The Balaban J connectivity index is 1.86. The summed E-state index contributed by atoms with van der Waals surface area (Å²) >= 11 is 6.42. The fourth-order valence-corrected chi connectivity index (χ4v) is 4.38. The van der Waals surface area contributed by atoms with Crippen molar-refractivity contribution in [1.82, 2.24) is 19.8 Å². The molecule has 0 atom stereocenters. The highest BCUT2D eigenvalue weighted by atomic mass is 35.5. The van der Waals surface area contributed by atoms with Crippen LogP contribution in [0.4, 0.5) is 4.39 Å². The third kappa shape index (κ3) is 5.63. The summed E-state index contributed by atoms with van der Waals surface area (Å²) in [6.07, 6.45) is 0. The van der Waals surface area contributed by atoms with E-state index >= 15 is 0 Å². The first kappa shape index (κ1) is 24.7. The van der Waals surface area contributed by atoms with Crippen LogP contribution in [0.2, 0.25) is 5.02 Å². The number of benzene rings is 3. The van der Waals surface area contributed by atoms with Gasteiger partial charge in [0.2, 0.25) is 5.91 Å². The Morgan fingerprint density at radius 3 is 2.51 bits per heavy atom. The molecular weight excluding hydrogens is 467 g/mol. The molecule has 4 aromatic rings. The first-order valence-electron chi connectivity index (χ1n) is 11.3. The van der Waals surface area contributed by atoms with Crippen LogP contribution in [-0.2, 0) is 17.9 Å². The quantitative estimate of drug-likeness (QED) is 0.358. The van der Waals surface area contributed by atoms with Gasteiger partial charge in [-0.15, -0.1) is 0 Å². The van der Waals surface area contributed by atoms with Gasteiger partial charge in [0.15, 0.2) is 11.6 Å². The molecule has 8 heteroatoms. The topological polar surface area (TPSA) is 70.4 Å². The standard InChI is InChI=1S/C27H28ClFN4O2/c1-16(2)30-26(35)15-33-24-12-18(20-9-17(14-32(3)4)10-21(28)11-20)6-8-23(24)31-27(33)19-5-7-22(29)25(34)13-19/h5-13,16,34H,14-15H2,1-4H3,(H,30,35). The molecule has 2 N–H and O–H groups in total. The number of phenolic OH excluding ortho intramolecular Hbond substituents is 1. The van der Waals surface area contributed by atoms with E-state index in [4.69, 9.17) is 16.6 Å². The molecule has 1 aromatic heterocycles. The van der Waals surface area contributed by atoms with Crippen molar-refractivity contribution in [3.63, 3.8) is 0 Å². The normalized spacial score (nSPS) is 11.5. The van der Waals surface area contributed by atoms with Crippen molar-refractivity contribution in [3.05, 3.63) is 71.0 Å². The van der Waals surface area contributed by atoms with Crippen LogP contribution >= 0.6 is 11.6 Å². The summed E-state index contributed by atoms with van der Waals surface area (Å²) in [6, 6.07) is 15.8. The average molecular weight is 495 g/mol. The molecule has 0 saturated heterocycles. The van der Waals surface area contributed by atoms with Gasteiger partial charge in [-0.05, 0) is 93.2 Å². The number of halogens is 2. The molecule has 0 fully saturated rings. The van der Waals surface area contributed by atoms with Crippen molar-refractivity contribution in [2.75, 3.05) is 14.1 Å². The van der Waals surface area contributed by atoms with E-state index in [9.17, 15) is 14.3 Å². The number of hydrogen-bond donors (Lipinski definition) is 2. The lowest BCUT2D eigenvalue weighted by molar-refractivity contribution is -0.122. The molecule has 4 rings (SSSR count). The maximum absolute atomic E-state index is 13.7. The number of rotatable bonds is 7. The van der Waals surface area contributed by atoms with Crippen molar-refractivity contribution >= 4 is 28.5 Å². The second-order valence-electron chi connectivity index (χ2n) is 9.20. The predicted octanol–water partition coefficient (Wildman–Crippen LogP) is 5.45. The van der Waals surface area contributed by atoms with E-state index in [1.807, 2.05) is 58.3 Å². The lowest BCUT2D eigenvalue weighted by atomic mass is 10.0. The largest absolute Gasteiger partial charge is 0.505 e. The van der Waals surface area contributed by atoms with Crippen LogP contribution in [0, 0.1) is 5.82 Å². The minimum atomic E-state index is -0.717. The zero-order valence-corrected chi connectivity index (χ0v) is 20.9. The molecule has 0 aliphatic heterocycles. The molecule has 0 unspecified atom stereocenters. The van der Waals surface area contributed by atoms with Crippen LogP contribution in [0.3, 0.4) is 0 Å². The Kier molecular flexibility index (Phi) is 7.10. The summed E-state index contributed by atoms with van der Waals surface area (Å²) in [5.41, 5.74) is 4.91. The van der Waals surface area contributed by atoms with E-state index in [0.717, 1.165) is 28.8 Å². The van der Waals surface area contributed by atoms with Gasteiger partial charge in [0, 0.05) is 23.2 Å². The second-order valence-corrected chi connectivity index (χ2v) is 9.64. The molecule has 0 spiro atoms. The lowest BCUT2D eigenvalue weighted by Crippen LogP contribution is -2.33. The Morgan fingerprint density at radius 2 is 1.83 bits per heavy atom. The molecular formula is C27H28ClFN4O2. The molecule has 3 aromatic carbocycles. The van der Waals surface area contributed by atoms with Crippen LogP contribution in [0.1, 0.15) is 19.4 Å². The highest BCUT2D eigenvalue weighted by molar-refractivity contribution is 6.31. The number of aromatic hydroxyl groups is 1. The summed E-state index contributed by atoms with van der Waals surface area (Å²) in [6.45, 7) is 4.56. The Labute approximate surface area is 209 Å². The molecule has 0 saturated carbocycles. The Bertz CT molecular complexity index is 1400. The van der Waals surface area contributed by atoms with Crippen LogP contribution in [-0.4, -0.2) is 45.6 Å². The number of amides is 1. The van der Waals surface area contributed by atoms with Gasteiger partial charge in [0.05, 0.1) is 11.0 Å². The first-order chi connectivity index (χ1) is 16.6. The third-order valence-corrected chi connectivity index (χ3v) is 5.71. The van der Waals surface area contributed by atoms with Crippen LogP contribution in [0.15, 0.2) is 54.6 Å². The number of phenols is 1. The lowest BCUT2D eigenvalue weighted by Gasteiger charge is -2.14. The van der Waals surface area contributed by atoms with Gasteiger partial charge in [-0.1, -0.05) is 17.7 Å². The molecule has 1 amide bonds. The van der Waals surface area contributed by atoms with Gasteiger partial charge in [0.1, 0.15) is 12.4 Å². The Hall–Kier alpha value is -3.42. The molecule has 0 aliphatic rings. The zero-order chi connectivity index (χ0) is 25.3. The van der Waals surface area contributed by atoms with Gasteiger partial charge in [-0.3, -0.25) is 4.79 Å². The number of fused-ring (bicyclic) bond motifs is 1. The number of nitrogens with one attached hydrogen (secondary N) is 1. The number of carbonyl (C=O) groups excluding carboxylic acids is 1. The summed E-state index contributed by atoms with van der Waals surface area (Å²) in [5.74, 6) is -0.898. The van der Waals surface area contributed by atoms with Crippen molar-refractivity contribution in [3.8, 4) is 28.3 Å². The highest BCUT2D eigenvalue weighted by Crippen LogP contribution is 2.32. The molecule has 0 bridgehead atoms. The van der Waals surface area contributed by atoms with Crippen molar-refractivity contribution in [2.45, 2.75) is 33.0 Å². The van der Waals surface area contributed by atoms with Crippen molar-refractivity contribution in [1.29, 1.82) is 0 Å². The first-order valence-corrected chi connectivity index (χ1v) is 11.7. The minimum Gasteiger partial charge on any atom is -0.505 e. The number of carbonyl (C=O) groups is 1. The molecule has 0 radical (unpaired) electrons. The van der Waals surface area contributed by atoms with E-state index < -0.39 is 11.6 Å². The number of imidazole rings is 1. The highest BCUT2D eigenvalue weighted by Gasteiger charge is 2.18. The summed E-state index contributed by atoms with van der Waals surface area (Å²) < 4.78 is 15.5. The van der Waals surface area contributed by atoms with Crippen LogP contribution < -0.4 is 5.32 Å². The number of aromatic nitrogens is 2. The fourth-order valence-electron chi connectivity index (χ4n) is 4.12. The summed E-state index contributed by atoms with van der Waals surface area (Å²) in [5, 5.41) is 13.5. The SMILES string of the molecule is CC(C)NC(=O)Cn1c(-c2ccc(F)c(O)c2)nc2ccc(-c3cc(Cl)cc(CN(C)C)c3)cc21.